The number of carbonyl (C=O) groups excluding carboxylic acids is 1. The highest BCUT2D eigenvalue weighted by Crippen LogP contribution is 2.34. The number of morpholine rings is 1. The lowest BCUT2D eigenvalue weighted by molar-refractivity contribution is -0.0720. The van der Waals surface area contributed by atoms with Gasteiger partial charge in [0.05, 0.1) is 17.9 Å². The van der Waals surface area contributed by atoms with E-state index < -0.39 is 0 Å². The van der Waals surface area contributed by atoms with Crippen LogP contribution in [0.4, 0.5) is 5.69 Å². The highest BCUT2D eigenvalue weighted by molar-refractivity contribution is 9.10. The van der Waals surface area contributed by atoms with Crippen LogP contribution < -0.4 is 4.90 Å². The molecule has 0 N–H and O–H groups in total. The minimum atomic E-state index is 0.134. The topological polar surface area (TPSA) is 32.8 Å². The van der Waals surface area contributed by atoms with Crippen LogP contribution in [0.25, 0.3) is 0 Å². The Kier molecular flexibility index (Phi) is 12.1. The lowest BCUT2D eigenvalue weighted by Gasteiger charge is -2.40. The van der Waals surface area contributed by atoms with E-state index in [-0.39, 0.29) is 5.78 Å². The molecule has 2 fully saturated rings. The number of ether oxygens (including phenoxy) is 1. The smallest absolute Gasteiger partial charge is 0.161 e. The van der Waals surface area contributed by atoms with Gasteiger partial charge < -0.3 is 9.64 Å². The Morgan fingerprint density at radius 2 is 1.62 bits per heavy atom. The molecule has 0 spiro atoms. The van der Waals surface area contributed by atoms with Crippen molar-refractivity contribution in [1.29, 1.82) is 0 Å². The van der Waals surface area contributed by atoms with Gasteiger partial charge in [0.1, 0.15) is 0 Å². The van der Waals surface area contributed by atoms with Crippen molar-refractivity contribution in [1.82, 2.24) is 4.90 Å². The van der Waals surface area contributed by atoms with Crippen LogP contribution >= 0.6 is 15.9 Å². The number of carbonyl (C=O) groups is 1. The number of hydrogen-bond donors (Lipinski definition) is 0. The number of anilines is 1. The van der Waals surface area contributed by atoms with Gasteiger partial charge in [0.15, 0.2) is 5.78 Å². The predicted octanol–water partition coefficient (Wildman–Crippen LogP) is 6.03. The number of halogens is 1. The molecular formula is C24H41BrN2O2. The number of nitrogens with zero attached hydrogens (tertiary/aromatic N) is 2. The Morgan fingerprint density at radius 1 is 1.07 bits per heavy atom. The van der Waals surface area contributed by atoms with E-state index in [0.717, 1.165) is 47.8 Å². The molecule has 0 bridgehead atoms. The van der Waals surface area contributed by atoms with E-state index in [1.165, 1.54) is 19.4 Å². The molecule has 5 heteroatoms. The van der Waals surface area contributed by atoms with E-state index in [9.17, 15) is 4.79 Å². The summed E-state index contributed by atoms with van der Waals surface area (Å²) in [7, 11) is 0. The van der Waals surface area contributed by atoms with Crippen molar-refractivity contribution < 1.29 is 9.53 Å². The highest BCUT2D eigenvalue weighted by Gasteiger charge is 2.28. The van der Waals surface area contributed by atoms with Gasteiger partial charge in [0, 0.05) is 42.8 Å². The van der Waals surface area contributed by atoms with Crippen LogP contribution in [0.15, 0.2) is 22.7 Å². The Morgan fingerprint density at radius 3 is 2.14 bits per heavy atom. The fourth-order valence-electron chi connectivity index (χ4n) is 4.26. The number of Topliss-reactive ketones (excluding diaryl/α,β-unsaturated/α-hetero) is 1. The summed E-state index contributed by atoms with van der Waals surface area (Å²) in [6, 6.07) is 5.91. The lowest BCUT2D eigenvalue weighted by Crippen LogP contribution is -2.48. The molecule has 2 heterocycles. The zero-order valence-corrected chi connectivity index (χ0v) is 21.1. The molecule has 2 saturated heterocycles. The fourth-order valence-corrected chi connectivity index (χ4v) is 4.88. The summed E-state index contributed by atoms with van der Waals surface area (Å²) in [6.07, 6.45) is 3.03. The van der Waals surface area contributed by atoms with E-state index >= 15 is 0 Å². The molecule has 2 unspecified atom stereocenters. The Hall–Kier alpha value is -0.910. The van der Waals surface area contributed by atoms with Crippen LogP contribution in [0, 0.1) is 5.92 Å². The second kappa shape index (κ2) is 13.4. The second-order valence-corrected chi connectivity index (χ2v) is 8.45. The van der Waals surface area contributed by atoms with Gasteiger partial charge in [-0.3, -0.25) is 9.69 Å². The summed E-state index contributed by atoms with van der Waals surface area (Å²) >= 11 is 3.64. The van der Waals surface area contributed by atoms with Crippen LogP contribution in [0.5, 0.6) is 0 Å². The third kappa shape index (κ3) is 7.69. The molecule has 0 amide bonds. The predicted molar refractivity (Wildman–Crippen MR) is 128 cm³/mol. The maximum Gasteiger partial charge on any atom is 0.161 e. The molecular weight excluding hydrogens is 428 g/mol. The van der Waals surface area contributed by atoms with Gasteiger partial charge in [0.2, 0.25) is 0 Å². The molecule has 166 valence electrons. The van der Waals surface area contributed by atoms with E-state index in [1.807, 2.05) is 45.9 Å². The molecule has 4 nitrogen and oxygen atoms in total. The molecule has 1 aromatic carbocycles. The summed E-state index contributed by atoms with van der Waals surface area (Å²) in [4.78, 5) is 16.9. The molecule has 3 rings (SSSR count). The van der Waals surface area contributed by atoms with Crippen molar-refractivity contribution >= 4 is 27.4 Å². The molecule has 0 saturated carbocycles. The first kappa shape index (κ1) is 26.1. The molecule has 2 aliphatic rings. The molecule has 2 aliphatic heterocycles. The fraction of sp³-hybridized carbons (Fsp3) is 0.708. The molecule has 0 aromatic heterocycles. The average molecular weight is 470 g/mol. The Balaban J connectivity index is 0.000000989. The van der Waals surface area contributed by atoms with Gasteiger partial charge in [-0.15, -0.1) is 0 Å². The lowest BCUT2D eigenvalue weighted by atomic mass is 9.94. The summed E-state index contributed by atoms with van der Waals surface area (Å²) < 4.78 is 6.86. The standard InChI is InChI=1S/C20H29BrN2O2.2C2H6/c1-14-11-22(12-15(2)25-14)13-17-7-9-23(10-8-17)20-18(16(3)24)5-4-6-19(20)21;2*1-2/h4-6,14-15,17H,7-13H2,1-3H3;2*1-2H3. The van der Waals surface area contributed by atoms with Crippen LogP contribution in [0.2, 0.25) is 0 Å². The van der Waals surface area contributed by atoms with Crippen LogP contribution in [0.1, 0.15) is 71.7 Å². The van der Waals surface area contributed by atoms with Gasteiger partial charge in [-0.1, -0.05) is 33.8 Å². The zero-order valence-electron chi connectivity index (χ0n) is 19.5. The van der Waals surface area contributed by atoms with Crippen molar-refractivity contribution in [3.8, 4) is 0 Å². The van der Waals surface area contributed by atoms with Crippen molar-refractivity contribution in [3.05, 3.63) is 28.2 Å². The number of piperidine rings is 1. The maximum atomic E-state index is 12.0. The number of ketones is 1. The van der Waals surface area contributed by atoms with Crippen molar-refractivity contribution in [3.63, 3.8) is 0 Å². The van der Waals surface area contributed by atoms with E-state index in [1.54, 1.807) is 6.92 Å². The summed E-state index contributed by atoms with van der Waals surface area (Å²) in [5.41, 5.74) is 1.89. The van der Waals surface area contributed by atoms with Gasteiger partial charge in [-0.2, -0.15) is 0 Å². The highest BCUT2D eigenvalue weighted by atomic mass is 79.9. The van der Waals surface area contributed by atoms with Crippen molar-refractivity contribution in [2.75, 3.05) is 37.6 Å². The van der Waals surface area contributed by atoms with Crippen molar-refractivity contribution in [2.24, 2.45) is 5.92 Å². The summed E-state index contributed by atoms with van der Waals surface area (Å²) in [5.74, 6) is 0.867. The van der Waals surface area contributed by atoms with Gasteiger partial charge in [-0.25, -0.2) is 0 Å². The second-order valence-electron chi connectivity index (χ2n) is 7.60. The molecule has 29 heavy (non-hydrogen) atoms. The minimum Gasteiger partial charge on any atom is -0.373 e. The van der Waals surface area contributed by atoms with E-state index in [2.05, 4.69) is 39.6 Å². The van der Waals surface area contributed by atoms with Crippen LogP contribution in [-0.4, -0.2) is 55.6 Å². The summed E-state index contributed by atoms with van der Waals surface area (Å²) in [5, 5.41) is 0. The first-order valence-electron chi connectivity index (χ1n) is 11.4. The number of para-hydroxylation sites is 1. The first-order chi connectivity index (χ1) is 13.9. The first-order valence-corrected chi connectivity index (χ1v) is 12.2. The summed E-state index contributed by atoms with van der Waals surface area (Å²) in [6.45, 7) is 19.3. The quantitative estimate of drug-likeness (QED) is 0.504. The molecule has 1 aromatic rings. The van der Waals surface area contributed by atoms with Crippen molar-refractivity contribution in [2.45, 2.75) is 73.5 Å². The van der Waals surface area contributed by atoms with Crippen LogP contribution in [-0.2, 0) is 4.74 Å². The Bertz CT molecular complexity index is 605. The largest absolute Gasteiger partial charge is 0.373 e. The average Bonchev–Trinajstić information content (AvgIpc) is 2.71. The minimum absolute atomic E-state index is 0.134. The van der Waals surface area contributed by atoms with E-state index in [0.29, 0.717) is 12.2 Å². The van der Waals surface area contributed by atoms with Gasteiger partial charge in [-0.05, 0) is 67.6 Å². The molecule has 0 aliphatic carbocycles. The number of rotatable bonds is 4. The number of benzene rings is 1. The van der Waals surface area contributed by atoms with Gasteiger partial charge in [0.25, 0.3) is 0 Å². The SMILES string of the molecule is CC.CC.CC(=O)c1cccc(Br)c1N1CCC(CN2CC(C)OC(C)C2)CC1. The number of hydrogen-bond acceptors (Lipinski definition) is 4. The zero-order chi connectivity index (χ0) is 22.0. The monoisotopic (exact) mass is 468 g/mol. The molecule has 2 atom stereocenters. The van der Waals surface area contributed by atoms with Gasteiger partial charge >= 0.3 is 0 Å². The third-order valence-electron chi connectivity index (χ3n) is 5.31. The van der Waals surface area contributed by atoms with Crippen LogP contribution in [0.3, 0.4) is 0 Å². The third-order valence-corrected chi connectivity index (χ3v) is 5.95. The maximum absolute atomic E-state index is 12.0. The normalized spacial score (nSPS) is 22.8. The Labute approximate surface area is 187 Å². The van der Waals surface area contributed by atoms with E-state index in [4.69, 9.17) is 4.74 Å². The molecule has 0 radical (unpaired) electrons.